The van der Waals surface area contributed by atoms with Crippen LogP contribution in [0.15, 0.2) is 10.7 Å². The number of hydrogen-bond donors (Lipinski definition) is 0. The van der Waals surface area contributed by atoms with Crippen LogP contribution in [0.3, 0.4) is 0 Å². The van der Waals surface area contributed by atoms with Gasteiger partial charge < -0.3 is 0 Å². The highest BCUT2D eigenvalue weighted by molar-refractivity contribution is 14.2. The van der Waals surface area contributed by atoms with Gasteiger partial charge in [0.2, 0.25) is 5.91 Å². The lowest BCUT2D eigenvalue weighted by Gasteiger charge is -2.08. The average Bonchev–Trinajstić information content (AvgIpc) is 2.18. The standard InChI is InChI=1S/C6H9INO/c1-2-7-8-5-3-4-6(8)9/h2H,1,3-5H2. The highest BCUT2D eigenvalue weighted by Crippen LogP contribution is 2.25. The zero-order chi connectivity index (χ0) is 6.69. The van der Waals surface area contributed by atoms with Gasteiger partial charge >= 0.3 is 0 Å². The molecule has 0 aliphatic carbocycles. The fourth-order valence-electron chi connectivity index (χ4n) is 0.802. The van der Waals surface area contributed by atoms with E-state index in [0.29, 0.717) is 5.91 Å². The summed E-state index contributed by atoms with van der Waals surface area (Å²) in [6.07, 6.45) is 1.81. The molecule has 9 heavy (non-hydrogen) atoms. The quantitative estimate of drug-likeness (QED) is 0.529. The fraction of sp³-hybridized carbons (Fsp3) is 0.500. The molecule has 1 fully saturated rings. The van der Waals surface area contributed by atoms with Gasteiger partial charge in [-0.2, -0.15) is 0 Å². The Labute approximate surface area is 65.5 Å². The third kappa shape index (κ3) is 1.67. The molecule has 0 aromatic rings. The number of rotatable bonds is 2. The molecule has 51 valence electrons. The van der Waals surface area contributed by atoms with Crippen molar-refractivity contribution >= 4 is 27.4 Å². The van der Waals surface area contributed by atoms with Crippen LogP contribution in [0.5, 0.6) is 0 Å². The van der Waals surface area contributed by atoms with Crippen LogP contribution in [0.4, 0.5) is 0 Å². The molecule has 3 heteroatoms. The number of hydrogen-bond acceptors (Lipinski definition) is 1. The van der Waals surface area contributed by atoms with Crippen LogP contribution in [0.1, 0.15) is 12.8 Å². The Kier molecular flexibility index (Phi) is 2.50. The summed E-state index contributed by atoms with van der Waals surface area (Å²) in [4.78, 5) is 10.9. The van der Waals surface area contributed by atoms with Gasteiger partial charge in [-0.1, -0.05) is 6.58 Å². The zero-order valence-corrected chi connectivity index (χ0v) is 7.30. The van der Waals surface area contributed by atoms with Gasteiger partial charge in [-0.15, -0.1) is 0 Å². The Balaban J connectivity index is 2.39. The zero-order valence-electron chi connectivity index (χ0n) is 5.14. The Morgan fingerprint density at radius 3 is 3.00 bits per heavy atom. The van der Waals surface area contributed by atoms with Crippen LogP contribution < -0.4 is 0 Å². The third-order valence-corrected chi connectivity index (χ3v) is 3.29. The largest absolute Gasteiger partial charge is 0.290 e. The van der Waals surface area contributed by atoms with Crippen LogP contribution in [-0.2, 0) is 4.79 Å². The summed E-state index contributed by atoms with van der Waals surface area (Å²) in [6.45, 7) is 4.58. The summed E-state index contributed by atoms with van der Waals surface area (Å²) < 4.78 is 3.81. The molecule has 0 N–H and O–H groups in total. The molecule has 0 saturated carbocycles. The van der Waals surface area contributed by atoms with Crippen molar-refractivity contribution in [1.82, 2.24) is 3.11 Å². The van der Waals surface area contributed by atoms with Gasteiger partial charge in [0.05, 0.1) is 0 Å². The Morgan fingerprint density at radius 1 is 1.78 bits per heavy atom. The first kappa shape index (κ1) is 7.05. The van der Waals surface area contributed by atoms with Gasteiger partial charge in [-0.25, -0.2) is 0 Å². The molecule has 0 unspecified atom stereocenters. The van der Waals surface area contributed by atoms with E-state index in [4.69, 9.17) is 0 Å². The molecule has 1 aliphatic heterocycles. The summed E-state index contributed by atoms with van der Waals surface area (Å²) in [5.74, 6) is 0.322. The predicted molar refractivity (Wildman–Crippen MR) is 45.2 cm³/mol. The lowest BCUT2D eigenvalue weighted by atomic mass is 10.4. The molecule has 1 radical (unpaired) electrons. The minimum Gasteiger partial charge on any atom is -0.290 e. The molecule has 1 heterocycles. The summed E-state index contributed by atoms with van der Waals surface area (Å²) in [7, 11) is 0. The summed E-state index contributed by atoms with van der Waals surface area (Å²) in [5.41, 5.74) is 0. The second kappa shape index (κ2) is 3.20. The summed E-state index contributed by atoms with van der Waals surface area (Å²) in [6, 6.07) is 0. The normalized spacial score (nSPS) is 18.7. The van der Waals surface area contributed by atoms with Crippen LogP contribution in [-0.4, -0.2) is 15.6 Å². The van der Waals surface area contributed by atoms with Crippen molar-refractivity contribution < 1.29 is 4.79 Å². The Bertz CT molecular complexity index is 135. The van der Waals surface area contributed by atoms with Crippen molar-refractivity contribution in [3.05, 3.63) is 10.7 Å². The molecule has 1 rings (SSSR count). The number of halogens is 1. The van der Waals surface area contributed by atoms with Crippen LogP contribution in [0.25, 0.3) is 0 Å². The van der Waals surface area contributed by atoms with E-state index in [-0.39, 0.29) is 21.5 Å². The fourth-order valence-corrected chi connectivity index (χ4v) is 2.45. The van der Waals surface area contributed by atoms with Gasteiger partial charge in [0.1, 0.15) is 0 Å². The average molecular weight is 238 g/mol. The van der Waals surface area contributed by atoms with Gasteiger partial charge in [0.15, 0.2) is 0 Å². The maximum Gasteiger partial charge on any atom is 0.230 e. The van der Waals surface area contributed by atoms with E-state index < -0.39 is 0 Å². The molecule has 1 saturated heterocycles. The van der Waals surface area contributed by atoms with Crippen molar-refractivity contribution in [1.29, 1.82) is 0 Å². The Morgan fingerprint density at radius 2 is 2.56 bits per heavy atom. The first-order chi connectivity index (χ1) is 4.34. The van der Waals surface area contributed by atoms with E-state index in [1.165, 1.54) is 0 Å². The maximum absolute atomic E-state index is 10.9. The lowest BCUT2D eigenvalue weighted by Crippen LogP contribution is -2.12. The van der Waals surface area contributed by atoms with Crippen molar-refractivity contribution in [2.24, 2.45) is 0 Å². The lowest BCUT2D eigenvalue weighted by molar-refractivity contribution is -0.122. The molecule has 1 amide bonds. The second-order valence-corrected chi connectivity index (χ2v) is 4.44. The number of carbonyl (C=O) groups is 1. The van der Waals surface area contributed by atoms with Gasteiger partial charge in [0.25, 0.3) is 0 Å². The van der Waals surface area contributed by atoms with Gasteiger partial charge in [0, 0.05) is 34.4 Å². The highest BCUT2D eigenvalue weighted by atomic mass is 127. The van der Waals surface area contributed by atoms with Crippen molar-refractivity contribution in [3.63, 3.8) is 0 Å². The van der Waals surface area contributed by atoms with Gasteiger partial charge in [-0.3, -0.25) is 7.91 Å². The molecule has 2 nitrogen and oxygen atoms in total. The van der Waals surface area contributed by atoms with Crippen molar-refractivity contribution in [2.75, 3.05) is 6.54 Å². The molecule has 0 aromatic heterocycles. The van der Waals surface area contributed by atoms with Crippen LogP contribution in [0.2, 0.25) is 0 Å². The summed E-state index contributed by atoms with van der Waals surface area (Å²) >= 11 is -0.168. The number of nitrogens with zero attached hydrogens (tertiary/aromatic N) is 1. The molecule has 0 spiro atoms. The highest BCUT2D eigenvalue weighted by Gasteiger charge is 2.18. The van der Waals surface area contributed by atoms with Crippen molar-refractivity contribution in [3.8, 4) is 0 Å². The molecule has 1 aliphatic rings. The van der Waals surface area contributed by atoms with E-state index in [2.05, 4.69) is 6.58 Å². The van der Waals surface area contributed by atoms with Gasteiger partial charge in [-0.05, 0) is 10.5 Å². The van der Waals surface area contributed by atoms with E-state index in [1.54, 1.807) is 0 Å². The van der Waals surface area contributed by atoms with E-state index in [0.717, 1.165) is 19.4 Å². The van der Waals surface area contributed by atoms with E-state index >= 15 is 0 Å². The second-order valence-electron chi connectivity index (χ2n) is 1.83. The van der Waals surface area contributed by atoms with Crippen LogP contribution >= 0.6 is 21.5 Å². The Hall–Kier alpha value is -0.0600. The molecular formula is C6H9INO. The SMILES string of the molecule is C=C[I]N1CCCC1=O. The smallest absolute Gasteiger partial charge is 0.230 e. The molecule has 0 aromatic carbocycles. The topological polar surface area (TPSA) is 20.3 Å². The number of carbonyl (C=O) groups excluding carboxylic acids is 1. The first-order valence-electron chi connectivity index (χ1n) is 2.89. The van der Waals surface area contributed by atoms with Crippen molar-refractivity contribution in [2.45, 2.75) is 12.8 Å². The minimum absolute atomic E-state index is 0.168. The monoisotopic (exact) mass is 238 g/mol. The minimum atomic E-state index is -0.168. The summed E-state index contributed by atoms with van der Waals surface area (Å²) in [5, 5.41) is 0. The van der Waals surface area contributed by atoms with E-state index in [1.807, 2.05) is 7.20 Å². The number of amides is 1. The van der Waals surface area contributed by atoms with E-state index in [9.17, 15) is 4.79 Å². The molecule has 0 atom stereocenters. The predicted octanol–water partition coefficient (Wildman–Crippen LogP) is 1.64. The van der Waals surface area contributed by atoms with Crippen LogP contribution in [0, 0.1) is 0 Å². The molecule has 0 bridgehead atoms. The third-order valence-electron chi connectivity index (χ3n) is 1.20. The maximum atomic E-state index is 10.9. The first-order valence-corrected chi connectivity index (χ1v) is 5.10. The molecular weight excluding hydrogens is 229 g/mol.